The molecule has 0 aromatic heterocycles. The van der Waals surface area contributed by atoms with Gasteiger partial charge in [0.2, 0.25) is 0 Å². The monoisotopic (exact) mass is 245 g/mol. The summed E-state index contributed by atoms with van der Waals surface area (Å²) >= 11 is 0. The number of carbonyl (C=O) groups is 1. The van der Waals surface area contributed by atoms with Crippen LogP contribution < -0.4 is 5.73 Å². The fourth-order valence-corrected chi connectivity index (χ4v) is 1.93. The quantitative estimate of drug-likeness (QED) is 0.504. The van der Waals surface area contributed by atoms with Crippen LogP contribution in [0, 0.1) is 5.92 Å². The lowest BCUT2D eigenvalue weighted by Gasteiger charge is -2.10. The highest BCUT2D eigenvalue weighted by atomic mass is 16.5. The van der Waals surface area contributed by atoms with Crippen molar-refractivity contribution < 1.29 is 19.0 Å². The first-order chi connectivity index (χ1) is 8.24. The van der Waals surface area contributed by atoms with E-state index in [4.69, 9.17) is 19.9 Å². The molecule has 2 N–H and O–H groups in total. The van der Waals surface area contributed by atoms with Crippen molar-refractivity contribution in [3.05, 3.63) is 0 Å². The minimum absolute atomic E-state index is 0.0133. The van der Waals surface area contributed by atoms with E-state index in [2.05, 4.69) is 0 Å². The van der Waals surface area contributed by atoms with E-state index in [-0.39, 0.29) is 17.9 Å². The minimum Gasteiger partial charge on any atom is -0.465 e. The minimum atomic E-state index is -0.102. The predicted molar refractivity (Wildman–Crippen MR) is 63.6 cm³/mol. The first kappa shape index (κ1) is 14.4. The Morgan fingerprint density at radius 2 is 2.06 bits per heavy atom. The van der Waals surface area contributed by atoms with E-state index in [1.54, 1.807) is 7.11 Å². The summed E-state index contributed by atoms with van der Waals surface area (Å²) in [7, 11) is 1.64. The smallest absolute Gasteiger partial charge is 0.308 e. The molecule has 0 aliphatic heterocycles. The van der Waals surface area contributed by atoms with Crippen LogP contribution in [0.1, 0.15) is 25.7 Å². The predicted octanol–water partition coefficient (Wildman–Crippen LogP) is 0.710. The maximum atomic E-state index is 11.6. The fraction of sp³-hybridized carbons (Fsp3) is 0.917. The molecule has 0 bridgehead atoms. The molecule has 0 aromatic rings. The normalized spacial score (nSPS) is 23.9. The van der Waals surface area contributed by atoms with Gasteiger partial charge in [-0.05, 0) is 19.3 Å². The van der Waals surface area contributed by atoms with Gasteiger partial charge >= 0.3 is 5.97 Å². The van der Waals surface area contributed by atoms with E-state index in [0.29, 0.717) is 26.4 Å². The van der Waals surface area contributed by atoms with Crippen molar-refractivity contribution in [3.63, 3.8) is 0 Å². The van der Waals surface area contributed by atoms with Crippen LogP contribution >= 0.6 is 0 Å². The number of esters is 1. The number of hydrogen-bond donors (Lipinski definition) is 1. The van der Waals surface area contributed by atoms with Crippen LogP contribution in [0.15, 0.2) is 0 Å². The highest BCUT2D eigenvalue weighted by Gasteiger charge is 2.28. The zero-order valence-corrected chi connectivity index (χ0v) is 10.5. The highest BCUT2D eigenvalue weighted by molar-refractivity contribution is 5.72. The molecule has 1 saturated carbocycles. The van der Waals surface area contributed by atoms with E-state index in [1.165, 1.54) is 0 Å². The molecule has 0 aromatic carbocycles. The standard InChI is InChI=1S/C12H23NO4/c1-15-7-8-16-5-2-6-17-12(14)10-3-4-11(13)9-10/h10-11H,2-9,13H2,1H3/t10-,11+/m1/s1. The molecule has 0 saturated heterocycles. The summed E-state index contributed by atoms with van der Waals surface area (Å²) in [5, 5.41) is 0. The van der Waals surface area contributed by atoms with Crippen molar-refractivity contribution in [1.29, 1.82) is 0 Å². The first-order valence-corrected chi connectivity index (χ1v) is 6.23. The molecule has 0 unspecified atom stereocenters. The third-order valence-electron chi connectivity index (χ3n) is 2.92. The van der Waals surface area contributed by atoms with Gasteiger partial charge in [0.25, 0.3) is 0 Å². The molecule has 1 aliphatic rings. The Labute approximate surface area is 103 Å². The van der Waals surface area contributed by atoms with Gasteiger partial charge in [0.05, 0.1) is 25.7 Å². The Balaban J connectivity index is 1.93. The van der Waals surface area contributed by atoms with Crippen LogP contribution in [0.2, 0.25) is 0 Å². The molecular formula is C12H23NO4. The fourth-order valence-electron chi connectivity index (χ4n) is 1.93. The summed E-state index contributed by atoms with van der Waals surface area (Å²) < 4.78 is 15.3. The van der Waals surface area contributed by atoms with Gasteiger partial charge in [0, 0.05) is 26.2 Å². The molecule has 1 aliphatic carbocycles. The zero-order valence-electron chi connectivity index (χ0n) is 10.5. The number of carbonyl (C=O) groups excluding carboxylic acids is 1. The first-order valence-electron chi connectivity index (χ1n) is 6.23. The van der Waals surface area contributed by atoms with Gasteiger partial charge in [-0.1, -0.05) is 0 Å². The Hall–Kier alpha value is -0.650. The van der Waals surface area contributed by atoms with E-state index in [1.807, 2.05) is 0 Å². The van der Waals surface area contributed by atoms with Gasteiger partial charge in [-0.25, -0.2) is 0 Å². The van der Waals surface area contributed by atoms with Crippen LogP contribution in [0.25, 0.3) is 0 Å². The molecule has 0 heterocycles. The van der Waals surface area contributed by atoms with Crippen molar-refractivity contribution in [2.24, 2.45) is 11.7 Å². The Bertz CT molecular complexity index is 223. The summed E-state index contributed by atoms with van der Waals surface area (Å²) in [6.45, 7) is 2.21. The van der Waals surface area contributed by atoms with Crippen LogP contribution in [0.5, 0.6) is 0 Å². The molecule has 0 radical (unpaired) electrons. The largest absolute Gasteiger partial charge is 0.465 e. The Kier molecular flexibility index (Phi) is 7.16. The van der Waals surface area contributed by atoms with Gasteiger partial charge in [0.1, 0.15) is 0 Å². The highest BCUT2D eigenvalue weighted by Crippen LogP contribution is 2.25. The summed E-state index contributed by atoms with van der Waals surface area (Å²) in [6, 6.07) is 0.171. The van der Waals surface area contributed by atoms with Crippen LogP contribution in [-0.4, -0.2) is 45.5 Å². The second-order valence-electron chi connectivity index (χ2n) is 4.40. The Morgan fingerprint density at radius 3 is 2.71 bits per heavy atom. The molecule has 0 amide bonds. The number of ether oxygens (including phenoxy) is 3. The lowest BCUT2D eigenvalue weighted by Crippen LogP contribution is -2.20. The zero-order chi connectivity index (χ0) is 12.5. The summed E-state index contributed by atoms with van der Waals surface area (Å²) in [5.41, 5.74) is 5.75. The van der Waals surface area contributed by atoms with Crippen molar-refractivity contribution in [2.45, 2.75) is 31.7 Å². The van der Waals surface area contributed by atoms with Gasteiger partial charge in [-0.2, -0.15) is 0 Å². The molecule has 100 valence electrons. The summed E-state index contributed by atoms with van der Waals surface area (Å²) in [5.74, 6) is -0.0887. The van der Waals surface area contributed by atoms with E-state index in [0.717, 1.165) is 25.7 Å². The molecule has 1 rings (SSSR count). The third kappa shape index (κ3) is 6.00. The number of hydrogen-bond acceptors (Lipinski definition) is 5. The van der Waals surface area contributed by atoms with Crippen LogP contribution in [-0.2, 0) is 19.0 Å². The molecule has 2 atom stereocenters. The van der Waals surface area contributed by atoms with Crippen molar-refractivity contribution in [3.8, 4) is 0 Å². The molecule has 5 nitrogen and oxygen atoms in total. The van der Waals surface area contributed by atoms with Crippen molar-refractivity contribution >= 4 is 5.97 Å². The van der Waals surface area contributed by atoms with Crippen molar-refractivity contribution in [2.75, 3.05) is 33.5 Å². The molecule has 0 spiro atoms. The van der Waals surface area contributed by atoms with E-state index >= 15 is 0 Å². The topological polar surface area (TPSA) is 70.8 Å². The van der Waals surface area contributed by atoms with Gasteiger partial charge in [-0.3, -0.25) is 4.79 Å². The van der Waals surface area contributed by atoms with Crippen LogP contribution in [0.3, 0.4) is 0 Å². The van der Waals surface area contributed by atoms with Crippen molar-refractivity contribution in [1.82, 2.24) is 0 Å². The molecule has 5 heteroatoms. The number of rotatable bonds is 8. The lowest BCUT2D eigenvalue weighted by atomic mass is 10.1. The Morgan fingerprint density at radius 1 is 1.24 bits per heavy atom. The van der Waals surface area contributed by atoms with E-state index in [9.17, 15) is 4.79 Å². The average Bonchev–Trinajstić information content (AvgIpc) is 2.74. The maximum Gasteiger partial charge on any atom is 0.308 e. The lowest BCUT2D eigenvalue weighted by molar-refractivity contribution is -0.148. The average molecular weight is 245 g/mol. The van der Waals surface area contributed by atoms with Gasteiger partial charge in [-0.15, -0.1) is 0 Å². The van der Waals surface area contributed by atoms with E-state index < -0.39 is 0 Å². The molecule has 1 fully saturated rings. The molecule has 17 heavy (non-hydrogen) atoms. The number of methoxy groups -OCH3 is 1. The summed E-state index contributed by atoms with van der Waals surface area (Å²) in [6.07, 6.45) is 3.29. The van der Waals surface area contributed by atoms with Gasteiger partial charge in [0.15, 0.2) is 0 Å². The second-order valence-corrected chi connectivity index (χ2v) is 4.40. The SMILES string of the molecule is COCCOCCCOC(=O)[C@@H]1CC[C@H](N)C1. The second kappa shape index (κ2) is 8.44. The maximum absolute atomic E-state index is 11.6. The number of nitrogens with two attached hydrogens (primary N) is 1. The summed E-state index contributed by atoms with van der Waals surface area (Å²) in [4.78, 5) is 11.6. The van der Waals surface area contributed by atoms with Gasteiger partial charge < -0.3 is 19.9 Å². The van der Waals surface area contributed by atoms with Crippen LogP contribution in [0.4, 0.5) is 0 Å². The third-order valence-corrected chi connectivity index (χ3v) is 2.92. The molecular weight excluding hydrogens is 222 g/mol.